The predicted octanol–water partition coefficient (Wildman–Crippen LogP) is 6.01. The number of aromatic nitrogens is 1. The molecule has 0 fully saturated rings. The fourth-order valence-corrected chi connectivity index (χ4v) is 2.88. The van der Waals surface area contributed by atoms with Crippen LogP contribution in [0.5, 0.6) is 0 Å². The number of nitrogens with zero attached hydrogens (tertiary/aromatic N) is 1. The van der Waals surface area contributed by atoms with Crippen molar-refractivity contribution in [3.8, 4) is 34.9 Å². The van der Waals surface area contributed by atoms with Crippen LogP contribution >= 0.6 is 23.2 Å². The summed E-state index contributed by atoms with van der Waals surface area (Å²) >= 11 is 12.2. The van der Waals surface area contributed by atoms with Crippen molar-refractivity contribution in [3.63, 3.8) is 0 Å². The van der Waals surface area contributed by atoms with Gasteiger partial charge in [-0.25, -0.2) is 4.98 Å². The van der Waals surface area contributed by atoms with Gasteiger partial charge in [0.1, 0.15) is 0 Å². The lowest BCUT2D eigenvalue weighted by Gasteiger charge is -2.11. The minimum absolute atomic E-state index is 0.651. The van der Waals surface area contributed by atoms with Crippen molar-refractivity contribution in [2.45, 2.75) is 6.92 Å². The highest BCUT2D eigenvalue weighted by molar-refractivity contribution is 6.31. The second kappa shape index (κ2) is 6.46. The summed E-state index contributed by atoms with van der Waals surface area (Å²) in [5, 5.41) is 1.32. The Morgan fingerprint density at radius 1 is 0.913 bits per heavy atom. The van der Waals surface area contributed by atoms with Crippen LogP contribution in [0.2, 0.25) is 10.0 Å². The first kappa shape index (κ1) is 15.6. The molecule has 1 heterocycles. The van der Waals surface area contributed by atoms with Gasteiger partial charge in [-0.3, -0.25) is 0 Å². The Morgan fingerprint density at radius 2 is 1.52 bits per heavy atom. The number of terminal acetylenes is 1. The van der Waals surface area contributed by atoms with Gasteiger partial charge in [-0.1, -0.05) is 53.4 Å². The van der Waals surface area contributed by atoms with Gasteiger partial charge < -0.3 is 0 Å². The van der Waals surface area contributed by atoms with Crippen molar-refractivity contribution in [1.29, 1.82) is 0 Å². The molecule has 0 amide bonds. The predicted molar refractivity (Wildman–Crippen MR) is 97.8 cm³/mol. The Balaban J connectivity index is 2.25. The number of aryl methyl sites for hydroxylation is 1. The largest absolute Gasteiger partial charge is 0.246 e. The molecule has 1 nitrogen and oxygen atoms in total. The highest BCUT2D eigenvalue weighted by atomic mass is 35.5. The minimum atomic E-state index is 0.651. The molecule has 3 aromatic rings. The van der Waals surface area contributed by atoms with E-state index in [1.54, 1.807) is 0 Å². The number of halogens is 2. The van der Waals surface area contributed by atoms with Crippen LogP contribution in [0.25, 0.3) is 22.5 Å². The second-order valence-corrected chi connectivity index (χ2v) is 6.09. The van der Waals surface area contributed by atoms with Crippen LogP contribution in [0.1, 0.15) is 11.1 Å². The zero-order chi connectivity index (χ0) is 16.4. The van der Waals surface area contributed by atoms with Crippen molar-refractivity contribution >= 4 is 23.2 Å². The van der Waals surface area contributed by atoms with Crippen LogP contribution in [0.3, 0.4) is 0 Å². The van der Waals surface area contributed by atoms with E-state index in [2.05, 4.69) is 5.92 Å². The normalized spacial score (nSPS) is 10.3. The van der Waals surface area contributed by atoms with Crippen LogP contribution in [-0.4, -0.2) is 4.98 Å². The smallest absolute Gasteiger partial charge is 0.0869 e. The van der Waals surface area contributed by atoms with Gasteiger partial charge in [0.2, 0.25) is 0 Å². The second-order valence-electron chi connectivity index (χ2n) is 5.21. The molecular formula is C20H13Cl2N. The van der Waals surface area contributed by atoms with E-state index in [0.29, 0.717) is 10.0 Å². The molecule has 0 aliphatic carbocycles. The van der Waals surface area contributed by atoms with Gasteiger partial charge in [0.05, 0.1) is 17.0 Å². The summed E-state index contributed by atoms with van der Waals surface area (Å²) in [5.74, 6) is 2.74. The number of hydrogen-bond donors (Lipinski definition) is 0. The average Bonchev–Trinajstić information content (AvgIpc) is 2.54. The Kier molecular flexibility index (Phi) is 4.39. The molecule has 0 atom stereocenters. The van der Waals surface area contributed by atoms with E-state index in [0.717, 1.165) is 33.6 Å². The molecule has 1 aromatic heterocycles. The molecule has 0 bridgehead atoms. The van der Waals surface area contributed by atoms with Crippen LogP contribution in [0.4, 0.5) is 0 Å². The van der Waals surface area contributed by atoms with Crippen molar-refractivity contribution in [1.82, 2.24) is 4.98 Å². The van der Waals surface area contributed by atoms with Gasteiger partial charge >= 0.3 is 0 Å². The molecule has 0 saturated carbocycles. The molecule has 3 heteroatoms. The summed E-state index contributed by atoms with van der Waals surface area (Å²) in [6.45, 7) is 1.99. The molecule has 2 aromatic carbocycles. The third-order valence-corrected chi connectivity index (χ3v) is 4.05. The molecule has 112 valence electrons. The number of hydrogen-bond acceptors (Lipinski definition) is 1. The van der Waals surface area contributed by atoms with E-state index < -0.39 is 0 Å². The molecule has 0 aliphatic rings. The van der Waals surface area contributed by atoms with E-state index in [9.17, 15) is 0 Å². The molecule has 0 spiro atoms. The summed E-state index contributed by atoms with van der Waals surface area (Å²) in [5.41, 5.74) is 5.21. The van der Waals surface area contributed by atoms with Gasteiger partial charge in [0, 0.05) is 21.2 Å². The molecule has 0 saturated heterocycles. The summed E-state index contributed by atoms with van der Waals surface area (Å²) in [7, 11) is 0. The first-order valence-corrected chi connectivity index (χ1v) is 7.84. The fraction of sp³-hybridized carbons (Fsp3) is 0.0500. The molecule has 0 aliphatic heterocycles. The fourth-order valence-electron chi connectivity index (χ4n) is 2.50. The third kappa shape index (κ3) is 3.24. The number of rotatable bonds is 2. The maximum Gasteiger partial charge on any atom is 0.0869 e. The molecular weight excluding hydrogens is 325 g/mol. The first-order chi connectivity index (χ1) is 11.1. The highest BCUT2D eigenvalue weighted by Crippen LogP contribution is 2.30. The monoisotopic (exact) mass is 337 g/mol. The lowest BCUT2D eigenvalue weighted by Crippen LogP contribution is -1.96. The van der Waals surface area contributed by atoms with Gasteiger partial charge in [0.15, 0.2) is 0 Å². The van der Waals surface area contributed by atoms with E-state index in [-0.39, 0.29) is 0 Å². The van der Waals surface area contributed by atoms with Gasteiger partial charge in [-0.2, -0.15) is 0 Å². The van der Waals surface area contributed by atoms with Gasteiger partial charge in [-0.05, 0) is 42.8 Å². The maximum absolute atomic E-state index is 6.11. The standard InChI is InChI=1S/C20H13Cl2N/c1-3-18-13(2)10-19(14-6-4-8-16(21)11-14)23-20(18)15-7-5-9-17(22)12-15/h1,4-12H,2H3. The van der Waals surface area contributed by atoms with Crippen molar-refractivity contribution < 1.29 is 0 Å². The van der Waals surface area contributed by atoms with Crippen LogP contribution in [0.15, 0.2) is 54.6 Å². The quantitative estimate of drug-likeness (QED) is 0.521. The average molecular weight is 338 g/mol. The third-order valence-electron chi connectivity index (χ3n) is 3.58. The molecule has 23 heavy (non-hydrogen) atoms. The Morgan fingerprint density at radius 3 is 2.13 bits per heavy atom. The Labute approximate surface area is 145 Å². The molecule has 0 radical (unpaired) electrons. The first-order valence-electron chi connectivity index (χ1n) is 7.08. The summed E-state index contributed by atoms with van der Waals surface area (Å²) in [6.07, 6.45) is 5.70. The van der Waals surface area contributed by atoms with Gasteiger partial charge in [-0.15, -0.1) is 6.42 Å². The minimum Gasteiger partial charge on any atom is -0.246 e. The zero-order valence-electron chi connectivity index (χ0n) is 12.5. The van der Waals surface area contributed by atoms with E-state index in [1.165, 1.54) is 0 Å². The van der Waals surface area contributed by atoms with Crippen molar-refractivity contribution in [2.24, 2.45) is 0 Å². The van der Waals surface area contributed by atoms with Crippen LogP contribution in [0, 0.1) is 19.3 Å². The zero-order valence-corrected chi connectivity index (χ0v) is 14.0. The summed E-state index contributed by atoms with van der Waals surface area (Å²) < 4.78 is 0. The van der Waals surface area contributed by atoms with Crippen molar-refractivity contribution in [3.05, 3.63) is 75.8 Å². The summed E-state index contributed by atoms with van der Waals surface area (Å²) in [6, 6.07) is 17.1. The van der Waals surface area contributed by atoms with Crippen LogP contribution < -0.4 is 0 Å². The molecule has 3 rings (SSSR count). The van der Waals surface area contributed by atoms with Gasteiger partial charge in [0.25, 0.3) is 0 Å². The van der Waals surface area contributed by atoms with E-state index >= 15 is 0 Å². The number of benzene rings is 2. The van der Waals surface area contributed by atoms with Crippen LogP contribution in [-0.2, 0) is 0 Å². The molecule has 0 unspecified atom stereocenters. The maximum atomic E-state index is 6.11. The van der Waals surface area contributed by atoms with E-state index in [1.807, 2.05) is 61.5 Å². The lowest BCUT2D eigenvalue weighted by molar-refractivity contribution is 1.27. The molecule has 0 N–H and O–H groups in total. The Hall–Kier alpha value is -2.27. The Bertz CT molecular complexity index is 923. The SMILES string of the molecule is C#Cc1c(C)cc(-c2cccc(Cl)c2)nc1-c1cccc(Cl)c1. The van der Waals surface area contributed by atoms with Crippen molar-refractivity contribution in [2.75, 3.05) is 0 Å². The summed E-state index contributed by atoms with van der Waals surface area (Å²) in [4.78, 5) is 4.77. The highest BCUT2D eigenvalue weighted by Gasteiger charge is 2.12. The number of pyridine rings is 1. The lowest BCUT2D eigenvalue weighted by atomic mass is 9.99. The van der Waals surface area contributed by atoms with E-state index in [4.69, 9.17) is 34.6 Å². The topological polar surface area (TPSA) is 12.9 Å².